The van der Waals surface area contributed by atoms with Gasteiger partial charge in [0.2, 0.25) is 5.01 Å². The van der Waals surface area contributed by atoms with E-state index in [4.69, 9.17) is 0 Å². The Bertz CT molecular complexity index is 327. The van der Waals surface area contributed by atoms with Crippen molar-refractivity contribution in [1.29, 1.82) is 0 Å². The summed E-state index contributed by atoms with van der Waals surface area (Å²) in [6.45, 7) is 6.09. The predicted molar refractivity (Wildman–Crippen MR) is 51.5 cm³/mol. The molecule has 3 nitrogen and oxygen atoms in total. The molecule has 15 heavy (non-hydrogen) atoms. The van der Waals surface area contributed by atoms with Crippen LogP contribution >= 0.6 is 11.3 Å². The molecular weight excluding hydrogens is 227 g/mol. The van der Waals surface area contributed by atoms with Crippen molar-refractivity contribution in [2.45, 2.75) is 39.0 Å². The topological polar surface area (TPSA) is 37.8 Å². The number of hydrogen-bond donors (Lipinski definition) is 1. The zero-order valence-corrected chi connectivity index (χ0v) is 9.46. The lowest BCUT2D eigenvalue weighted by molar-refractivity contribution is -0.138. The highest BCUT2D eigenvalue weighted by molar-refractivity contribution is 7.11. The standard InChI is InChI=1S/C8H12F3N3S/c1-7(2,3)12-4-5-13-14-6(15-5)8(9,10)11/h12H,4H2,1-3H3. The Balaban J connectivity index is 2.62. The third kappa shape index (κ3) is 4.13. The van der Waals surface area contributed by atoms with E-state index >= 15 is 0 Å². The van der Waals surface area contributed by atoms with E-state index in [1.807, 2.05) is 20.8 Å². The van der Waals surface area contributed by atoms with E-state index in [9.17, 15) is 13.2 Å². The van der Waals surface area contributed by atoms with Gasteiger partial charge in [-0.25, -0.2) is 0 Å². The molecule has 0 aliphatic heterocycles. The minimum atomic E-state index is -4.39. The Morgan fingerprint density at radius 3 is 2.20 bits per heavy atom. The van der Waals surface area contributed by atoms with Gasteiger partial charge in [-0.1, -0.05) is 11.3 Å². The highest BCUT2D eigenvalue weighted by Crippen LogP contribution is 2.31. The Morgan fingerprint density at radius 1 is 1.20 bits per heavy atom. The van der Waals surface area contributed by atoms with Crippen LogP contribution in [0.25, 0.3) is 0 Å². The first kappa shape index (κ1) is 12.4. The number of nitrogens with zero attached hydrogens (tertiary/aromatic N) is 2. The van der Waals surface area contributed by atoms with E-state index in [2.05, 4.69) is 15.5 Å². The predicted octanol–water partition coefficient (Wildman–Crippen LogP) is 2.45. The Kier molecular flexibility index (Phi) is 3.34. The van der Waals surface area contributed by atoms with Crippen LogP contribution in [-0.2, 0) is 12.7 Å². The van der Waals surface area contributed by atoms with Gasteiger partial charge in [0.05, 0.1) is 6.54 Å². The molecule has 0 saturated heterocycles. The van der Waals surface area contributed by atoms with Gasteiger partial charge in [0.1, 0.15) is 5.01 Å². The van der Waals surface area contributed by atoms with Crippen molar-refractivity contribution in [2.24, 2.45) is 0 Å². The second-order valence-electron chi connectivity index (χ2n) is 4.10. The van der Waals surface area contributed by atoms with E-state index in [0.29, 0.717) is 22.9 Å². The van der Waals surface area contributed by atoms with Crippen molar-refractivity contribution < 1.29 is 13.2 Å². The second-order valence-corrected chi connectivity index (χ2v) is 5.16. The highest BCUT2D eigenvalue weighted by atomic mass is 32.1. The lowest BCUT2D eigenvalue weighted by atomic mass is 10.1. The van der Waals surface area contributed by atoms with Gasteiger partial charge in [0.15, 0.2) is 0 Å². The molecule has 1 rings (SSSR count). The van der Waals surface area contributed by atoms with Gasteiger partial charge in [-0.3, -0.25) is 0 Å². The van der Waals surface area contributed by atoms with E-state index < -0.39 is 11.2 Å². The number of nitrogens with one attached hydrogen (secondary N) is 1. The first-order valence-electron chi connectivity index (χ1n) is 4.33. The van der Waals surface area contributed by atoms with Gasteiger partial charge in [0, 0.05) is 5.54 Å². The van der Waals surface area contributed by atoms with Gasteiger partial charge < -0.3 is 5.32 Å². The van der Waals surface area contributed by atoms with Gasteiger partial charge in [-0.05, 0) is 20.8 Å². The molecule has 0 aliphatic rings. The van der Waals surface area contributed by atoms with Crippen LogP contribution in [0.15, 0.2) is 0 Å². The molecule has 1 aromatic heterocycles. The monoisotopic (exact) mass is 239 g/mol. The minimum Gasteiger partial charge on any atom is -0.306 e. The van der Waals surface area contributed by atoms with Crippen LogP contribution in [0.2, 0.25) is 0 Å². The first-order valence-corrected chi connectivity index (χ1v) is 5.15. The molecule has 1 aromatic rings. The number of halogens is 3. The van der Waals surface area contributed by atoms with Crippen molar-refractivity contribution in [2.75, 3.05) is 0 Å². The van der Waals surface area contributed by atoms with Crippen molar-refractivity contribution in [3.63, 3.8) is 0 Å². The van der Waals surface area contributed by atoms with Crippen LogP contribution in [0.1, 0.15) is 30.8 Å². The summed E-state index contributed by atoms with van der Waals surface area (Å²) in [7, 11) is 0. The maximum Gasteiger partial charge on any atom is 0.445 e. The van der Waals surface area contributed by atoms with E-state index in [-0.39, 0.29) is 5.54 Å². The molecule has 0 fully saturated rings. The maximum atomic E-state index is 12.2. The quantitative estimate of drug-likeness (QED) is 0.861. The van der Waals surface area contributed by atoms with Crippen LogP contribution in [-0.4, -0.2) is 15.7 Å². The van der Waals surface area contributed by atoms with Crippen LogP contribution in [0, 0.1) is 0 Å². The molecule has 0 radical (unpaired) electrons. The summed E-state index contributed by atoms with van der Waals surface area (Å²) in [5, 5.41) is 9.06. The zero-order chi connectivity index (χ0) is 11.7. The molecule has 0 aliphatic carbocycles. The van der Waals surface area contributed by atoms with Crippen LogP contribution in [0.5, 0.6) is 0 Å². The Labute approximate surface area is 89.7 Å². The van der Waals surface area contributed by atoms with Crippen LogP contribution < -0.4 is 5.32 Å². The van der Waals surface area contributed by atoms with Crippen molar-refractivity contribution in [1.82, 2.24) is 15.5 Å². The first-order chi connectivity index (χ1) is 6.68. The largest absolute Gasteiger partial charge is 0.445 e. The van der Waals surface area contributed by atoms with Gasteiger partial charge in [-0.2, -0.15) is 13.2 Å². The summed E-state index contributed by atoms with van der Waals surface area (Å²) in [5.74, 6) is 0. The SMILES string of the molecule is CC(C)(C)NCc1nnc(C(F)(F)F)s1. The fraction of sp³-hybridized carbons (Fsp3) is 0.750. The molecule has 0 bridgehead atoms. The summed E-state index contributed by atoms with van der Waals surface area (Å²) in [6, 6.07) is 0. The third-order valence-electron chi connectivity index (χ3n) is 1.48. The average Bonchev–Trinajstić information content (AvgIpc) is 2.45. The molecule has 0 spiro atoms. The molecule has 86 valence electrons. The third-order valence-corrected chi connectivity index (χ3v) is 2.45. The molecule has 0 saturated carbocycles. The normalized spacial score (nSPS) is 13.2. The zero-order valence-electron chi connectivity index (χ0n) is 8.64. The maximum absolute atomic E-state index is 12.2. The summed E-state index contributed by atoms with van der Waals surface area (Å²) in [4.78, 5) is 0. The summed E-state index contributed by atoms with van der Waals surface area (Å²) >= 11 is 0.571. The Morgan fingerprint density at radius 2 is 1.80 bits per heavy atom. The summed E-state index contributed by atoms with van der Waals surface area (Å²) in [5.41, 5.74) is -0.149. The lowest BCUT2D eigenvalue weighted by Gasteiger charge is -2.19. The Hall–Kier alpha value is -0.690. The fourth-order valence-electron chi connectivity index (χ4n) is 0.780. The van der Waals surface area contributed by atoms with E-state index in [1.54, 1.807) is 0 Å². The second kappa shape index (κ2) is 4.05. The van der Waals surface area contributed by atoms with Gasteiger partial charge in [-0.15, -0.1) is 10.2 Å². The number of rotatable bonds is 2. The molecule has 0 unspecified atom stereocenters. The lowest BCUT2D eigenvalue weighted by Crippen LogP contribution is -2.35. The summed E-state index contributed by atoms with van der Waals surface area (Å²) in [6.07, 6.45) is -4.39. The van der Waals surface area contributed by atoms with Gasteiger partial charge >= 0.3 is 6.18 Å². The van der Waals surface area contributed by atoms with Crippen molar-refractivity contribution in [3.8, 4) is 0 Å². The fourth-order valence-corrected chi connectivity index (χ4v) is 1.43. The van der Waals surface area contributed by atoms with Gasteiger partial charge in [0.25, 0.3) is 0 Å². The minimum absolute atomic E-state index is 0.149. The molecule has 0 atom stereocenters. The molecule has 0 aromatic carbocycles. The summed E-state index contributed by atoms with van der Waals surface area (Å²) < 4.78 is 36.5. The number of hydrogen-bond acceptors (Lipinski definition) is 4. The molecule has 7 heteroatoms. The van der Waals surface area contributed by atoms with E-state index in [1.165, 1.54) is 0 Å². The number of aromatic nitrogens is 2. The highest BCUT2D eigenvalue weighted by Gasteiger charge is 2.35. The molecule has 1 heterocycles. The number of alkyl halides is 3. The smallest absolute Gasteiger partial charge is 0.306 e. The molecule has 1 N–H and O–H groups in total. The molecular formula is C8H12F3N3S. The van der Waals surface area contributed by atoms with Crippen molar-refractivity contribution >= 4 is 11.3 Å². The van der Waals surface area contributed by atoms with Crippen LogP contribution in [0.3, 0.4) is 0 Å². The molecule has 0 amide bonds. The average molecular weight is 239 g/mol. The van der Waals surface area contributed by atoms with Crippen molar-refractivity contribution in [3.05, 3.63) is 10.0 Å². The van der Waals surface area contributed by atoms with Crippen LogP contribution in [0.4, 0.5) is 13.2 Å². The van der Waals surface area contributed by atoms with E-state index in [0.717, 1.165) is 0 Å².